The SMILES string of the molecule is C=CCn1c(SC(C)c2nc3sc(C)c(C)c3c(=O)[nH]2)nnc1-c1ccc(OC)cc1. The number of aryl methyl sites for hydroxylation is 2. The predicted molar refractivity (Wildman–Crippen MR) is 126 cm³/mol. The maximum atomic E-state index is 12.6. The largest absolute Gasteiger partial charge is 0.497 e. The number of hydrogen-bond acceptors (Lipinski definition) is 7. The fraction of sp³-hybridized carbons (Fsp3) is 0.273. The van der Waals surface area contributed by atoms with Crippen LogP contribution in [0.15, 0.2) is 46.9 Å². The van der Waals surface area contributed by atoms with E-state index in [4.69, 9.17) is 9.72 Å². The molecule has 0 radical (unpaired) electrons. The predicted octanol–water partition coefficient (Wildman–Crippen LogP) is 4.91. The van der Waals surface area contributed by atoms with Gasteiger partial charge < -0.3 is 9.72 Å². The molecule has 0 saturated carbocycles. The number of hydrogen-bond donors (Lipinski definition) is 1. The highest BCUT2D eigenvalue weighted by Gasteiger charge is 2.20. The van der Waals surface area contributed by atoms with Crippen molar-refractivity contribution in [2.24, 2.45) is 0 Å². The van der Waals surface area contributed by atoms with Crippen LogP contribution in [0.25, 0.3) is 21.6 Å². The third-order valence-corrected chi connectivity index (χ3v) is 7.29. The van der Waals surface area contributed by atoms with Crippen molar-refractivity contribution in [3.63, 3.8) is 0 Å². The van der Waals surface area contributed by atoms with Crippen molar-refractivity contribution in [2.75, 3.05) is 7.11 Å². The third-order valence-electron chi connectivity index (χ3n) is 5.10. The molecule has 0 fully saturated rings. The number of aromatic nitrogens is 5. The molecule has 0 aliphatic carbocycles. The zero-order valence-electron chi connectivity index (χ0n) is 17.8. The van der Waals surface area contributed by atoms with Gasteiger partial charge in [-0.15, -0.1) is 28.1 Å². The summed E-state index contributed by atoms with van der Waals surface area (Å²) in [5.74, 6) is 2.16. The van der Waals surface area contributed by atoms with Crippen LogP contribution in [0.2, 0.25) is 0 Å². The summed E-state index contributed by atoms with van der Waals surface area (Å²) in [4.78, 5) is 22.2. The molecular weight excluding hydrogens is 430 g/mol. The molecule has 1 N–H and O–H groups in total. The molecule has 4 aromatic rings. The summed E-state index contributed by atoms with van der Waals surface area (Å²) in [6, 6.07) is 7.70. The van der Waals surface area contributed by atoms with E-state index in [1.165, 1.54) is 11.8 Å². The lowest BCUT2D eigenvalue weighted by molar-refractivity contribution is 0.415. The average Bonchev–Trinajstić information content (AvgIpc) is 3.28. The number of ether oxygens (including phenoxy) is 1. The standard InChI is InChI=1S/C22H23N5O2S2/c1-6-11-27-19(15-7-9-16(29-5)10-8-15)25-26-22(27)31-14(4)18-23-20(28)17-12(2)13(3)30-21(17)24-18/h6-10,14H,1,11H2,2-5H3,(H,23,24,28). The van der Waals surface area contributed by atoms with Gasteiger partial charge in [0.1, 0.15) is 16.4 Å². The molecule has 3 aromatic heterocycles. The van der Waals surface area contributed by atoms with E-state index in [1.807, 2.05) is 55.7 Å². The maximum absolute atomic E-state index is 12.6. The van der Waals surface area contributed by atoms with Gasteiger partial charge in [0.15, 0.2) is 11.0 Å². The van der Waals surface area contributed by atoms with E-state index < -0.39 is 0 Å². The van der Waals surface area contributed by atoms with Gasteiger partial charge in [0.25, 0.3) is 5.56 Å². The van der Waals surface area contributed by atoms with Gasteiger partial charge in [-0.1, -0.05) is 17.8 Å². The first kappa shape index (κ1) is 21.3. The van der Waals surface area contributed by atoms with E-state index in [1.54, 1.807) is 18.4 Å². The number of H-pyrrole nitrogens is 1. The number of methoxy groups -OCH3 is 1. The second-order valence-corrected chi connectivity index (χ2v) is 9.62. The smallest absolute Gasteiger partial charge is 0.259 e. The lowest BCUT2D eigenvalue weighted by Gasteiger charge is -2.12. The van der Waals surface area contributed by atoms with Crippen LogP contribution in [0.5, 0.6) is 5.75 Å². The molecule has 0 aliphatic rings. The number of aromatic amines is 1. The van der Waals surface area contributed by atoms with Gasteiger partial charge in [-0.3, -0.25) is 9.36 Å². The average molecular weight is 454 g/mol. The van der Waals surface area contributed by atoms with Crippen LogP contribution in [0.3, 0.4) is 0 Å². The van der Waals surface area contributed by atoms with Gasteiger partial charge in [0.05, 0.1) is 17.7 Å². The van der Waals surface area contributed by atoms with Gasteiger partial charge in [0.2, 0.25) is 0 Å². The lowest BCUT2D eigenvalue weighted by Crippen LogP contribution is -2.13. The van der Waals surface area contributed by atoms with Gasteiger partial charge in [-0.25, -0.2) is 4.98 Å². The molecule has 0 spiro atoms. The Hall–Kier alpha value is -2.91. The van der Waals surface area contributed by atoms with Crippen molar-refractivity contribution in [3.05, 3.63) is 63.5 Å². The Morgan fingerprint density at radius 1 is 1.29 bits per heavy atom. The summed E-state index contributed by atoms with van der Waals surface area (Å²) >= 11 is 3.05. The van der Waals surface area contributed by atoms with Gasteiger partial charge in [0, 0.05) is 17.0 Å². The molecular formula is C22H23N5O2S2. The number of allylic oxidation sites excluding steroid dienone is 1. The van der Waals surface area contributed by atoms with Crippen molar-refractivity contribution >= 4 is 33.3 Å². The summed E-state index contributed by atoms with van der Waals surface area (Å²) in [6.07, 6.45) is 1.81. The van der Waals surface area contributed by atoms with Crippen LogP contribution < -0.4 is 10.3 Å². The Balaban J connectivity index is 1.67. The lowest BCUT2D eigenvalue weighted by atomic mass is 10.2. The number of rotatable bonds is 7. The summed E-state index contributed by atoms with van der Waals surface area (Å²) < 4.78 is 7.25. The maximum Gasteiger partial charge on any atom is 0.259 e. The molecule has 0 bridgehead atoms. The van der Waals surface area contributed by atoms with Gasteiger partial charge in [-0.05, 0) is 50.6 Å². The second-order valence-electron chi connectivity index (χ2n) is 7.11. The molecule has 4 rings (SSSR count). The van der Waals surface area contributed by atoms with E-state index in [2.05, 4.69) is 21.8 Å². The van der Waals surface area contributed by atoms with E-state index in [0.717, 1.165) is 37.6 Å². The Morgan fingerprint density at radius 2 is 2.03 bits per heavy atom. The molecule has 1 atom stereocenters. The fourth-order valence-electron chi connectivity index (χ4n) is 3.30. The Morgan fingerprint density at radius 3 is 2.71 bits per heavy atom. The first-order chi connectivity index (χ1) is 14.9. The van der Waals surface area contributed by atoms with Crippen molar-refractivity contribution in [2.45, 2.75) is 37.7 Å². The van der Waals surface area contributed by atoms with Crippen LogP contribution in [-0.4, -0.2) is 31.8 Å². The molecule has 9 heteroatoms. The van der Waals surface area contributed by atoms with Gasteiger partial charge in [-0.2, -0.15) is 0 Å². The molecule has 0 aliphatic heterocycles. The molecule has 0 saturated heterocycles. The molecule has 31 heavy (non-hydrogen) atoms. The summed E-state index contributed by atoms with van der Waals surface area (Å²) in [5.41, 5.74) is 1.84. The number of nitrogens with one attached hydrogen (secondary N) is 1. The van der Waals surface area contributed by atoms with E-state index in [0.29, 0.717) is 17.8 Å². The number of thiophene rings is 1. The number of benzene rings is 1. The summed E-state index contributed by atoms with van der Waals surface area (Å²) in [6.45, 7) is 10.4. The molecule has 160 valence electrons. The summed E-state index contributed by atoms with van der Waals surface area (Å²) in [7, 11) is 1.64. The third kappa shape index (κ3) is 4.03. The number of nitrogens with zero attached hydrogens (tertiary/aromatic N) is 4. The van der Waals surface area contributed by atoms with Crippen LogP contribution in [0, 0.1) is 13.8 Å². The van der Waals surface area contributed by atoms with Crippen LogP contribution in [-0.2, 0) is 6.54 Å². The highest BCUT2D eigenvalue weighted by atomic mass is 32.2. The zero-order valence-corrected chi connectivity index (χ0v) is 19.4. The van der Waals surface area contributed by atoms with Crippen LogP contribution >= 0.6 is 23.1 Å². The minimum Gasteiger partial charge on any atom is -0.497 e. The van der Waals surface area contributed by atoms with Crippen molar-refractivity contribution in [1.29, 1.82) is 0 Å². The monoisotopic (exact) mass is 453 g/mol. The van der Waals surface area contributed by atoms with Crippen molar-refractivity contribution in [3.8, 4) is 17.1 Å². The van der Waals surface area contributed by atoms with E-state index >= 15 is 0 Å². The first-order valence-corrected chi connectivity index (χ1v) is 11.5. The minimum atomic E-state index is -0.115. The fourth-order valence-corrected chi connectivity index (χ4v) is 5.25. The molecule has 3 heterocycles. The normalized spacial score (nSPS) is 12.3. The van der Waals surface area contributed by atoms with Gasteiger partial charge >= 0.3 is 0 Å². The number of thioether (sulfide) groups is 1. The Labute approximate surface area is 188 Å². The number of fused-ring (bicyclic) bond motifs is 1. The van der Waals surface area contributed by atoms with Crippen LogP contribution in [0.1, 0.15) is 28.4 Å². The summed E-state index contributed by atoms with van der Waals surface area (Å²) in [5, 5.41) is 10.1. The minimum absolute atomic E-state index is 0.0965. The highest BCUT2D eigenvalue weighted by molar-refractivity contribution is 7.99. The topological polar surface area (TPSA) is 85.7 Å². The van der Waals surface area contributed by atoms with E-state index in [9.17, 15) is 4.79 Å². The Kier molecular flexibility index (Phi) is 5.97. The van der Waals surface area contributed by atoms with Crippen molar-refractivity contribution < 1.29 is 4.74 Å². The molecule has 1 unspecified atom stereocenters. The van der Waals surface area contributed by atoms with Crippen LogP contribution in [0.4, 0.5) is 0 Å². The van der Waals surface area contributed by atoms with Crippen molar-refractivity contribution in [1.82, 2.24) is 24.7 Å². The highest BCUT2D eigenvalue weighted by Crippen LogP contribution is 2.35. The zero-order chi connectivity index (χ0) is 22.1. The quantitative estimate of drug-likeness (QED) is 0.316. The molecule has 1 aromatic carbocycles. The Bertz CT molecular complexity index is 1300. The molecule has 7 nitrogen and oxygen atoms in total. The molecule has 0 amide bonds. The van der Waals surface area contributed by atoms with E-state index in [-0.39, 0.29) is 10.8 Å². The first-order valence-electron chi connectivity index (χ1n) is 9.78. The second kappa shape index (κ2) is 8.68.